The van der Waals surface area contributed by atoms with Crippen LogP contribution in [0.3, 0.4) is 0 Å². The van der Waals surface area contributed by atoms with E-state index in [0.717, 1.165) is 56.5 Å². The van der Waals surface area contributed by atoms with Crippen molar-refractivity contribution in [1.82, 2.24) is 35.1 Å². The summed E-state index contributed by atoms with van der Waals surface area (Å²) in [4.78, 5) is 78.2. The number of likely N-dealkylation sites (tertiary alicyclic amines) is 1. The van der Waals surface area contributed by atoms with Crippen molar-refractivity contribution < 1.29 is 38.2 Å². The lowest BCUT2D eigenvalue weighted by Crippen LogP contribution is -2.62. The molecule has 15 nitrogen and oxygen atoms in total. The van der Waals surface area contributed by atoms with E-state index < -0.39 is 47.2 Å². The maximum absolute atomic E-state index is 14.8. The van der Waals surface area contributed by atoms with E-state index in [0.29, 0.717) is 51.9 Å². The molecule has 15 heteroatoms. The van der Waals surface area contributed by atoms with Crippen LogP contribution in [0.1, 0.15) is 90.2 Å². The third kappa shape index (κ3) is 10.6. The van der Waals surface area contributed by atoms with Crippen molar-refractivity contribution in [3.05, 3.63) is 77.6 Å². The van der Waals surface area contributed by atoms with Crippen molar-refractivity contribution >= 4 is 40.5 Å². The molecule has 6 atom stereocenters. The molecule has 3 fully saturated rings. The number of fused-ring (bicyclic) bond motifs is 6. The average Bonchev–Trinajstić information content (AvgIpc) is 3.94. The van der Waals surface area contributed by atoms with Crippen molar-refractivity contribution in [2.75, 3.05) is 47.0 Å². The number of methoxy groups -OCH3 is 1. The number of carbonyl (C=O) groups excluding carboxylic acids is 5. The van der Waals surface area contributed by atoms with Gasteiger partial charge in [0.2, 0.25) is 11.8 Å². The smallest absolute Gasteiger partial charge is 0.324 e. The number of nitrogens with one attached hydrogen (secondary N) is 2. The van der Waals surface area contributed by atoms with Crippen LogP contribution in [0.2, 0.25) is 0 Å². The van der Waals surface area contributed by atoms with Crippen LogP contribution in [0.4, 0.5) is 0 Å². The fourth-order valence-corrected chi connectivity index (χ4v) is 10.3. The Bertz CT molecular complexity index is 2660. The third-order valence-corrected chi connectivity index (χ3v) is 14.2. The summed E-state index contributed by atoms with van der Waals surface area (Å²) < 4.78 is 19.6. The second kappa shape index (κ2) is 20.9. The van der Waals surface area contributed by atoms with E-state index in [-0.39, 0.29) is 49.5 Å². The predicted octanol–water partition coefficient (Wildman–Crippen LogP) is 5.87. The fraction of sp³-hybridized carbons (Fsp3) is 0.519. The van der Waals surface area contributed by atoms with Gasteiger partial charge in [-0.1, -0.05) is 63.9 Å². The zero-order valence-electron chi connectivity index (χ0n) is 41.3. The number of ether oxygens (including phenoxy) is 3. The zero-order chi connectivity index (χ0) is 49.1. The molecule has 0 saturated carbocycles. The lowest BCUT2D eigenvalue weighted by Gasteiger charge is -2.37. The maximum Gasteiger partial charge on any atom is 0.324 e. The predicted molar refractivity (Wildman–Crippen MR) is 262 cm³/mol. The number of hydrogen-bond donors (Lipinski definition) is 2. The number of hydrogen-bond acceptors (Lipinski definition) is 10. The Morgan fingerprint density at radius 1 is 1.03 bits per heavy atom. The second-order valence-corrected chi connectivity index (χ2v) is 20.1. The number of amides is 4. The molecule has 0 spiro atoms. The maximum atomic E-state index is 14.8. The first kappa shape index (κ1) is 49.3. The molecule has 2 N–H and O–H groups in total. The highest BCUT2D eigenvalue weighted by Crippen LogP contribution is 2.42. The molecule has 0 aliphatic carbocycles. The van der Waals surface area contributed by atoms with Gasteiger partial charge >= 0.3 is 5.97 Å². The number of pyridine rings is 1. The number of rotatable bonds is 9. The summed E-state index contributed by atoms with van der Waals surface area (Å²) in [6.45, 7) is 14.5. The quantitative estimate of drug-likeness (QED) is 0.153. The molecular weight excluding hydrogens is 875 g/mol. The average molecular weight is 942 g/mol. The molecule has 2 aromatic heterocycles. The summed E-state index contributed by atoms with van der Waals surface area (Å²) in [6.07, 6.45) is 4.29. The highest BCUT2D eigenvalue weighted by atomic mass is 16.5. The van der Waals surface area contributed by atoms with Crippen molar-refractivity contribution in [3.63, 3.8) is 0 Å². The van der Waals surface area contributed by atoms with Crippen LogP contribution < -0.4 is 10.7 Å². The van der Waals surface area contributed by atoms with E-state index in [1.807, 2.05) is 39.0 Å². The van der Waals surface area contributed by atoms with Gasteiger partial charge in [0, 0.05) is 81.3 Å². The van der Waals surface area contributed by atoms with E-state index >= 15 is 0 Å². The topological polar surface area (TPSA) is 165 Å². The summed E-state index contributed by atoms with van der Waals surface area (Å²) in [6, 6.07) is 15.8. The molecule has 366 valence electrons. The van der Waals surface area contributed by atoms with Crippen LogP contribution in [0.5, 0.6) is 0 Å². The lowest BCUT2D eigenvalue weighted by atomic mass is 9.84. The van der Waals surface area contributed by atoms with Crippen molar-refractivity contribution in [3.8, 4) is 34.2 Å². The minimum absolute atomic E-state index is 0.132. The first-order valence-corrected chi connectivity index (χ1v) is 24.5. The Kier molecular flexibility index (Phi) is 14.9. The molecule has 0 radical (unpaired) electrons. The largest absolute Gasteiger partial charge is 0.464 e. The van der Waals surface area contributed by atoms with Crippen LogP contribution in [0.15, 0.2) is 60.8 Å². The van der Waals surface area contributed by atoms with Gasteiger partial charge in [0.15, 0.2) is 0 Å². The number of aryl methyl sites for hydroxylation is 1. The molecule has 4 aliphatic heterocycles. The Morgan fingerprint density at radius 3 is 2.54 bits per heavy atom. The van der Waals surface area contributed by atoms with Crippen LogP contribution in [-0.4, -0.2) is 125 Å². The summed E-state index contributed by atoms with van der Waals surface area (Å²) in [5.74, 6) is 2.75. The molecule has 4 aliphatic rings. The molecule has 6 bridgehead atoms. The molecule has 3 saturated heterocycles. The number of benzene rings is 2. The fourth-order valence-electron chi connectivity index (χ4n) is 10.3. The SMILES string of the molecule is CCn1c(-c2cccnc2[C@H](C)OC)c2c3cc(ccc31)-c1cccc(c1)C[C@H](NC(=O)C(C(C)C)N(C)C(=O)[C@H]1CCN(C(=O)C#C[C@@H]3CCO3)C1)C(=O)N1CCC[C@H](N1)C(=O)OCC(C)(C)C2. The van der Waals surface area contributed by atoms with Crippen molar-refractivity contribution in [2.45, 2.75) is 117 Å². The van der Waals surface area contributed by atoms with E-state index in [9.17, 15) is 24.0 Å². The number of carbonyl (C=O) groups is 5. The van der Waals surface area contributed by atoms with Crippen LogP contribution in [-0.2, 0) is 57.6 Å². The van der Waals surface area contributed by atoms with Gasteiger partial charge in [0.05, 0.1) is 36.6 Å². The minimum Gasteiger partial charge on any atom is -0.464 e. The number of aromatic nitrogens is 2. The molecule has 8 rings (SSSR count). The Hall–Kier alpha value is -6.08. The summed E-state index contributed by atoms with van der Waals surface area (Å²) >= 11 is 0. The van der Waals surface area contributed by atoms with E-state index in [2.05, 4.69) is 84.3 Å². The van der Waals surface area contributed by atoms with Crippen molar-refractivity contribution in [2.24, 2.45) is 17.3 Å². The highest BCUT2D eigenvalue weighted by molar-refractivity contribution is 5.97. The molecule has 4 aromatic rings. The highest BCUT2D eigenvalue weighted by Gasteiger charge is 2.40. The van der Waals surface area contributed by atoms with Crippen LogP contribution in [0.25, 0.3) is 33.3 Å². The van der Waals surface area contributed by atoms with Gasteiger partial charge in [-0.3, -0.25) is 34.0 Å². The van der Waals surface area contributed by atoms with E-state index in [1.54, 1.807) is 25.3 Å². The van der Waals surface area contributed by atoms with Crippen LogP contribution >= 0.6 is 0 Å². The van der Waals surface area contributed by atoms with E-state index in [4.69, 9.17) is 19.2 Å². The van der Waals surface area contributed by atoms with Crippen molar-refractivity contribution in [1.29, 1.82) is 0 Å². The number of likely N-dealkylation sites (N-methyl/N-ethyl adjacent to an activating group) is 1. The minimum atomic E-state index is -1.06. The third-order valence-electron chi connectivity index (χ3n) is 14.2. The molecule has 69 heavy (non-hydrogen) atoms. The summed E-state index contributed by atoms with van der Waals surface area (Å²) in [7, 11) is 3.30. The molecular formula is C54H67N7O8. The first-order chi connectivity index (χ1) is 33.1. The molecule has 2 aromatic carbocycles. The number of hydrazine groups is 1. The number of nitrogens with zero attached hydrogens (tertiary/aromatic N) is 5. The van der Waals surface area contributed by atoms with Gasteiger partial charge in [0.25, 0.3) is 11.8 Å². The normalized spacial score (nSPS) is 22.4. The molecule has 1 unspecified atom stereocenters. The van der Waals surface area contributed by atoms with Gasteiger partial charge in [-0.05, 0) is 97.9 Å². The van der Waals surface area contributed by atoms with Gasteiger partial charge in [-0.25, -0.2) is 5.43 Å². The lowest BCUT2D eigenvalue weighted by molar-refractivity contribution is -0.155. The molecule has 4 amide bonds. The second-order valence-electron chi connectivity index (χ2n) is 20.1. The van der Waals surface area contributed by atoms with E-state index in [1.165, 1.54) is 9.91 Å². The molecule has 6 heterocycles. The summed E-state index contributed by atoms with van der Waals surface area (Å²) in [5, 5.41) is 5.58. The number of cyclic esters (lactones) is 1. The first-order valence-electron chi connectivity index (χ1n) is 24.5. The van der Waals surface area contributed by atoms with Gasteiger partial charge < -0.3 is 33.9 Å². The monoisotopic (exact) mass is 942 g/mol. The standard InChI is InChI=1S/C54H67N7O8/c1-9-60-45-19-17-37-29-41(45)42(49(60)40-15-11-23-55-47(40)34(4)67-8)30-54(5,6)32-69-53(66)43-16-12-24-61(57-43)52(65)44(28-35-13-10-14-36(37)27-35)56-50(63)48(33(2)3)58(7)51(64)38-21-25-59(31-38)46(62)20-18-39-22-26-68-39/h10-11,13-15,17,19,23,27,29,33-34,38-39,43-44,48,57H,9,12,16,21-22,24-26,28,30-32H2,1-8H3,(H,56,63)/t34-,38-,39+,43-,44-,48?/m0/s1. The van der Waals surface area contributed by atoms with Crippen LogP contribution in [0, 0.1) is 29.1 Å². The number of esters is 1. The summed E-state index contributed by atoms with van der Waals surface area (Å²) in [5.41, 5.74) is 10.4. The Morgan fingerprint density at radius 2 is 1.81 bits per heavy atom. The van der Waals surface area contributed by atoms with Gasteiger partial charge in [-0.15, -0.1) is 0 Å². The zero-order valence-corrected chi connectivity index (χ0v) is 41.3. The Balaban J connectivity index is 1.13. The Labute approximate surface area is 405 Å². The van der Waals surface area contributed by atoms with Gasteiger partial charge in [-0.2, -0.15) is 0 Å². The van der Waals surface area contributed by atoms with Gasteiger partial charge in [0.1, 0.15) is 24.2 Å².